The average molecular weight is 761 g/mol. The summed E-state index contributed by atoms with van der Waals surface area (Å²) in [6, 6.07) is 0. The number of unbranched alkanes of at least 4 members (excludes halogenated alkanes) is 41. The second kappa shape index (κ2) is 50.2. The molecule has 54 heavy (non-hydrogen) atoms. The molecule has 3 nitrogen and oxygen atoms in total. The van der Waals surface area contributed by atoms with Crippen LogP contribution in [0.2, 0.25) is 0 Å². The molecule has 0 aliphatic heterocycles. The summed E-state index contributed by atoms with van der Waals surface area (Å²) in [5.41, 5.74) is 0. The van der Waals surface area contributed by atoms with Crippen LogP contribution < -0.4 is 0 Å². The average Bonchev–Trinajstić information content (AvgIpc) is 3.18. The second-order valence-corrected chi connectivity index (χ2v) is 17.2. The molecule has 0 aliphatic rings. The van der Waals surface area contributed by atoms with Crippen molar-refractivity contribution in [1.82, 2.24) is 0 Å². The summed E-state index contributed by atoms with van der Waals surface area (Å²) in [5, 5.41) is 8.81. The van der Waals surface area contributed by atoms with Gasteiger partial charge in [-0.2, -0.15) is 0 Å². The van der Waals surface area contributed by atoms with Gasteiger partial charge in [0.2, 0.25) is 0 Å². The first-order valence-corrected chi connectivity index (χ1v) is 25.2. The number of carbonyl (C=O) groups is 1. The quantitative estimate of drug-likeness (QED) is 0.0382. The molecule has 1 N–H and O–H groups in total. The number of esters is 1. The van der Waals surface area contributed by atoms with E-state index in [2.05, 4.69) is 19.1 Å². The molecule has 0 aromatic heterocycles. The van der Waals surface area contributed by atoms with Gasteiger partial charge in [0.15, 0.2) is 0 Å². The van der Waals surface area contributed by atoms with Crippen LogP contribution in [-0.4, -0.2) is 24.3 Å². The van der Waals surface area contributed by atoms with E-state index in [1.165, 1.54) is 257 Å². The number of ether oxygens (including phenoxy) is 1. The lowest BCUT2D eigenvalue weighted by Gasteiger charge is -2.06. The minimum Gasteiger partial charge on any atom is -0.466 e. The number of hydrogen-bond acceptors (Lipinski definition) is 3. The van der Waals surface area contributed by atoms with Crippen molar-refractivity contribution >= 4 is 5.97 Å². The van der Waals surface area contributed by atoms with E-state index in [1.807, 2.05) is 0 Å². The second-order valence-electron chi connectivity index (χ2n) is 17.2. The first-order chi connectivity index (χ1) is 26.8. The van der Waals surface area contributed by atoms with Gasteiger partial charge in [-0.15, -0.1) is 0 Å². The molecule has 0 amide bonds. The molecule has 322 valence electrons. The van der Waals surface area contributed by atoms with E-state index in [0.717, 1.165) is 25.7 Å². The highest BCUT2D eigenvalue weighted by atomic mass is 16.5. The molecule has 0 saturated carbocycles. The third-order valence-electron chi connectivity index (χ3n) is 11.7. The Kier molecular flexibility index (Phi) is 49.4. The zero-order chi connectivity index (χ0) is 38.9. The monoisotopic (exact) mass is 761 g/mol. The molecule has 0 aromatic carbocycles. The molecule has 0 fully saturated rings. The highest BCUT2D eigenvalue weighted by Crippen LogP contribution is 2.17. The zero-order valence-corrected chi connectivity index (χ0v) is 37.2. The summed E-state index contributed by atoms with van der Waals surface area (Å²) < 4.78 is 5.48. The van der Waals surface area contributed by atoms with Gasteiger partial charge in [0.05, 0.1) is 6.61 Å². The maximum absolute atomic E-state index is 12.0. The molecule has 0 rings (SSSR count). The molecule has 0 saturated heterocycles. The fourth-order valence-electron chi connectivity index (χ4n) is 7.94. The first kappa shape index (κ1) is 53.2. The molecular weight excluding hydrogens is 661 g/mol. The number of rotatable bonds is 48. The standard InChI is InChI=1S/C51H100O3/c1-2-3-4-5-6-7-8-9-27-30-33-36-39-42-45-48-51(53)54-50-47-44-41-38-35-32-29-26-24-22-20-18-16-14-12-10-11-13-15-17-19-21-23-25-28-31-34-37-40-43-46-49-52/h9,27,52H,2-8,10-26,28-50H2,1H3/b27-9-. The van der Waals surface area contributed by atoms with Gasteiger partial charge >= 0.3 is 5.97 Å². The Labute approximate surface area is 340 Å². The van der Waals surface area contributed by atoms with Gasteiger partial charge in [-0.3, -0.25) is 4.79 Å². The Morgan fingerprint density at radius 2 is 0.611 bits per heavy atom. The minimum atomic E-state index is 0.0186. The normalized spacial score (nSPS) is 11.7. The van der Waals surface area contributed by atoms with Gasteiger partial charge < -0.3 is 9.84 Å². The van der Waals surface area contributed by atoms with Crippen LogP contribution in [0.25, 0.3) is 0 Å². The number of allylic oxidation sites excluding steroid dienone is 2. The lowest BCUT2D eigenvalue weighted by atomic mass is 10.0. The van der Waals surface area contributed by atoms with Crippen molar-refractivity contribution in [2.75, 3.05) is 13.2 Å². The Bertz CT molecular complexity index is 703. The largest absolute Gasteiger partial charge is 0.466 e. The molecule has 0 radical (unpaired) electrons. The maximum Gasteiger partial charge on any atom is 0.305 e. The van der Waals surface area contributed by atoms with Gasteiger partial charge in [0.1, 0.15) is 0 Å². The van der Waals surface area contributed by atoms with Crippen molar-refractivity contribution in [1.29, 1.82) is 0 Å². The Morgan fingerprint density at radius 3 is 0.926 bits per heavy atom. The first-order valence-electron chi connectivity index (χ1n) is 25.2. The molecule has 0 aromatic rings. The van der Waals surface area contributed by atoms with E-state index in [4.69, 9.17) is 9.84 Å². The Hall–Kier alpha value is -0.830. The van der Waals surface area contributed by atoms with Crippen LogP contribution in [0, 0.1) is 0 Å². The highest BCUT2D eigenvalue weighted by Gasteiger charge is 2.03. The minimum absolute atomic E-state index is 0.0186. The van der Waals surface area contributed by atoms with Gasteiger partial charge in [0, 0.05) is 13.0 Å². The summed E-state index contributed by atoms with van der Waals surface area (Å²) in [4.78, 5) is 12.0. The van der Waals surface area contributed by atoms with Crippen molar-refractivity contribution < 1.29 is 14.6 Å². The Morgan fingerprint density at radius 1 is 0.352 bits per heavy atom. The fourth-order valence-corrected chi connectivity index (χ4v) is 7.94. The molecule has 0 bridgehead atoms. The Balaban J connectivity index is 3.15. The third kappa shape index (κ3) is 49.2. The van der Waals surface area contributed by atoms with Crippen LogP contribution >= 0.6 is 0 Å². The highest BCUT2D eigenvalue weighted by molar-refractivity contribution is 5.69. The molecule has 0 atom stereocenters. The van der Waals surface area contributed by atoms with Gasteiger partial charge in [0.25, 0.3) is 0 Å². The third-order valence-corrected chi connectivity index (χ3v) is 11.7. The molecule has 0 heterocycles. The van der Waals surface area contributed by atoms with E-state index in [1.54, 1.807) is 0 Å². The number of aliphatic hydroxyl groups excluding tert-OH is 1. The van der Waals surface area contributed by atoms with Gasteiger partial charge in [-0.25, -0.2) is 0 Å². The predicted octanol–water partition coefficient (Wildman–Crippen LogP) is 17.7. The number of aliphatic hydroxyl groups is 1. The van der Waals surface area contributed by atoms with Crippen LogP contribution in [0.4, 0.5) is 0 Å². The smallest absolute Gasteiger partial charge is 0.305 e. The molecule has 0 aliphatic carbocycles. The van der Waals surface area contributed by atoms with E-state index in [0.29, 0.717) is 19.6 Å². The van der Waals surface area contributed by atoms with Crippen LogP contribution in [0.3, 0.4) is 0 Å². The van der Waals surface area contributed by atoms with E-state index < -0.39 is 0 Å². The lowest BCUT2D eigenvalue weighted by Crippen LogP contribution is -2.05. The zero-order valence-electron chi connectivity index (χ0n) is 37.2. The summed E-state index contributed by atoms with van der Waals surface area (Å²) >= 11 is 0. The predicted molar refractivity (Wildman–Crippen MR) is 241 cm³/mol. The van der Waals surface area contributed by atoms with Crippen molar-refractivity contribution in [2.45, 2.75) is 296 Å². The van der Waals surface area contributed by atoms with Crippen LogP contribution in [-0.2, 0) is 9.53 Å². The van der Waals surface area contributed by atoms with Gasteiger partial charge in [-0.05, 0) is 44.9 Å². The van der Waals surface area contributed by atoms with E-state index in [-0.39, 0.29) is 5.97 Å². The van der Waals surface area contributed by atoms with E-state index in [9.17, 15) is 4.79 Å². The van der Waals surface area contributed by atoms with Gasteiger partial charge in [-0.1, -0.05) is 257 Å². The number of carbonyl (C=O) groups excluding carboxylic acids is 1. The topological polar surface area (TPSA) is 46.5 Å². The summed E-state index contributed by atoms with van der Waals surface area (Å²) in [5.74, 6) is 0.0186. The summed E-state index contributed by atoms with van der Waals surface area (Å²) in [6.45, 7) is 3.27. The lowest BCUT2D eigenvalue weighted by molar-refractivity contribution is -0.143. The molecule has 0 unspecified atom stereocenters. The molecule has 0 spiro atoms. The van der Waals surface area contributed by atoms with Crippen LogP contribution in [0.1, 0.15) is 296 Å². The molecule has 3 heteroatoms. The fraction of sp³-hybridized carbons (Fsp3) is 0.941. The van der Waals surface area contributed by atoms with Crippen LogP contribution in [0.15, 0.2) is 12.2 Å². The summed E-state index contributed by atoms with van der Waals surface area (Å²) in [7, 11) is 0. The van der Waals surface area contributed by atoms with Crippen molar-refractivity contribution in [3.63, 3.8) is 0 Å². The van der Waals surface area contributed by atoms with Crippen molar-refractivity contribution in [2.24, 2.45) is 0 Å². The van der Waals surface area contributed by atoms with Crippen LogP contribution in [0.5, 0.6) is 0 Å². The SMILES string of the molecule is CCCCCCCC/C=C\CCCCCCCC(=O)OCCCCCCCCCCCCCCCCCCCCCCCCCCCCCCCCCO. The molecular formula is C51H100O3. The summed E-state index contributed by atoms with van der Waals surface area (Å²) in [6.07, 6.45) is 65.1. The van der Waals surface area contributed by atoms with Crippen molar-refractivity contribution in [3.8, 4) is 0 Å². The van der Waals surface area contributed by atoms with E-state index >= 15 is 0 Å². The number of hydrogen-bond donors (Lipinski definition) is 1. The van der Waals surface area contributed by atoms with Crippen molar-refractivity contribution in [3.05, 3.63) is 12.2 Å². The maximum atomic E-state index is 12.0.